The van der Waals surface area contributed by atoms with Crippen LogP contribution < -0.4 is 10.2 Å². The molecule has 0 aliphatic heterocycles. The number of fused-ring (bicyclic) bond motifs is 1. The van der Waals surface area contributed by atoms with E-state index in [9.17, 15) is 4.79 Å². The van der Waals surface area contributed by atoms with E-state index >= 15 is 0 Å². The first-order valence-corrected chi connectivity index (χ1v) is 9.18. The minimum absolute atomic E-state index is 0.339. The Balaban J connectivity index is 1.47. The van der Waals surface area contributed by atoms with Crippen molar-refractivity contribution >= 4 is 22.4 Å². The highest BCUT2D eigenvalue weighted by Gasteiger charge is 2.11. The van der Waals surface area contributed by atoms with Gasteiger partial charge in [0, 0.05) is 5.56 Å². The summed E-state index contributed by atoms with van der Waals surface area (Å²) in [5.74, 6) is 0.415. The molecular formula is C23H20N4O2. The van der Waals surface area contributed by atoms with E-state index in [4.69, 9.17) is 4.74 Å². The third-order valence-corrected chi connectivity index (χ3v) is 4.70. The standard InChI is InChI=1S/C23H20N4O2/c1-15(18-8-7-16-5-3-4-6-19(16)13-18)24-27-23(28)22-14-21(25-26-22)17-9-11-20(29-2)12-10-17/h3-14H,1-2H3,(H,25,26)(H,27,28)/b24-15-. The van der Waals surface area contributed by atoms with Crippen LogP contribution in [0.15, 0.2) is 77.9 Å². The predicted molar refractivity (Wildman–Crippen MR) is 114 cm³/mol. The number of benzene rings is 3. The molecule has 0 bridgehead atoms. The maximum atomic E-state index is 12.4. The second-order valence-electron chi connectivity index (χ2n) is 6.60. The Hall–Kier alpha value is -3.93. The van der Waals surface area contributed by atoms with Gasteiger partial charge in [0.15, 0.2) is 0 Å². The van der Waals surface area contributed by atoms with Crippen LogP contribution in [-0.4, -0.2) is 28.9 Å². The first-order valence-electron chi connectivity index (χ1n) is 9.18. The van der Waals surface area contributed by atoms with E-state index in [0.29, 0.717) is 11.4 Å². The molecule has 0 aliphatic carbocycles. The molecule has 144 valence electrons. The molecule has 1 amide bonds. The van der Waals surface area contributed by atoms with Gasteiger partial charge < -0.3 is 4.74 Å². The van der Waals surface area contributed by atoms with E-state index in [-0.39, 0.29) is 5.91 Å². The van der Waals surface area contributed by atoms with Crippen LogP contribution in [0.3, 0.4) is 0 Å². The number of carbonyl (C=O) groups excluding carboxylic acids is 1. The van der Waals surface area contributed by atoms with Crippen LogP contribution in [-0.2, 0) is 0 Å². The lowest BCUT2D eigenvalue weighted by atomic mass is 10.0. The number of hydrazone groups is 1. The smallest absolute Gasteiger partial charge is 0.289 e. The monoisotopic (exact) mass is 384 g/mol. The van der Waals surface area contributed by atoms with E-state index in [1.54, 1.807) is 13.2 Å². The second-order valence-corrected chi connectivity index (χ2v) is 6.60. The third kappa shape index (κ3) is 4.01. The first-order chi connectivity index (χ1) is 14.1. The number of aromatic nitrogens is 2. The fourth-order valence-corrected chi connectivity index (χ4v) is 3.02. The molecule has 1 aromatic heterocycles. The van der Waals surface area contributed by atoms with E-state index < -0.39 is 0 Å². The fourth-order valence-electron chi connectivity index (χ4n) is 3.02. The number of amides is 1. The van der Waals surface area contributed by atoms with Crippen LogP contribution in [0, 0.1) is 0 Å². The summed E-state index contributed by atoms with van der Waals surface area (Å²) >= 11 is 0. The molecule has 2 N–H and O–H groups in total. The number of methoxy groups -OCH3 is 1. The van der Waals surface area contributed by atoms with Crippen molar-refractivity contribution in [3.8, 4) is 17.0 Å². The topological polar surface area (TPSA) is 79.4 Å². The van der Waals surface area contributed by atoms with Gasteiger partial charge in [-0.05, 0) is 59.7 Å². The third-order valence-electron chi connectivity index (χ3n) is 4.70. The second kappa shape index (κ2) is 7.98. The average Bonchev–Trinajstić information content (AvgIpc) is 3.27. The number of hydrogen-bond acceptors (Lipinski definition) is 4. The maximum absolute atomic E-state index is 12.4. The molecule has 0 radical (unpaired) electrons. The molecule has 0 saturated carbocycles. The summed E-state index contributed by atoms with van der Waals surface area (Å²) in [5.41, 5.74) is 6.16. The molecule has 4 rings (SSSR count). The molecule has 4 aromatic rings. The van der Waals surface area contributed by atoms with Crippen molar-refractivity contribution in [2.75, 3.05) is 7.11 Å². The Morgan fingerprint density at radius 3 is 2.52 bits per heavy atom. The molecule has 6 heteroatoms. The molecule has 29 heavy (non-hydrogen) atoms. The van der Waals surface area contributed by atoms with Crippen LogP contribution >= 0.6 is 0 Å². The van der Waals surface area contributed by atoms with E-state index in [1.165, 1.54) is 0 Å². The Morgan fingerprint density at radius 2 is 1.76 bits per heavy atom. The normalized spacial score (nSPS) is 11.4. The molecule has 0 fully saturated rings. The highest BCUT2D eigenvalue weighted by atomic mass is 16.5. The quantitative estimate of drug-likeness (QED) is 0.396. The molecule has 0 spiro atoms. The van der Waals surface area contributed by atoms with Crippen molar-refractivity contribution in [3.63, 3.8) is 0 Å². The lowest BCUT2D eigenvalue weighted by Gasteiger charge is -2.04. The lowest BCUT2D eigenvalue weighted by Crippen LogP contribution is -2.19. The van der Waals surface area contributed by atoms with Crippen molar-refractivity contribution in [2.45, 2.75) is 6.92 Å². The number of nitrogens with zero attached hydrogens (tertiary/aromatic N) is 2. The number of H-pyrrole nitrogens is 1. The molecule has 0 unspecified atom stereocenters. The van der Waals surface area contributed by atoms with Crippen LogP contribution in [0.25, 0.3) is 22.0 Å². The van der Waals surface area contributed by atoms with E-state index in [2.05, 4.69) is 38.9 Å². The van der Waals surface area contributed by atoms with Crippen LogP contribution in [0.5, 0.6) is 5.75 Å². The number of aromatic amines is 1. The number of ether oxygens (including phenoxy) is 1. The van der Waals surface area contributed by atoms with Crippen LogP contribution in [0.1, 0.15) is 23.0 Å². The molecule has 0 aliphatic rings. The summed E-state index contributed by atoms with van der Waals surface area (Å²) in [5, 5.41) is 13.5. The predicted octanol–water partition coefficient (Wildman–Crippen LogP) is 4.39. The zero-order valence-electron chi connectivity index (χ0n) is 16.1. The van der Waals surface area contributed by atoms with Gasteiger partial charge >= 0.3 is 0 Å². The molecule has 0 atom stereocenters. The van der Waals surface area contributed by atoms with Gasteiger partial charge in [0.05, 0.1) is 18.5 Å². The highest BCUT2D eigenvalue weighted by molar-refractivity contribution is 6.03. The van der Waals surface area contributed by atoms with Crippen molar-refractivity contribution in [1.29, 1.82) is 0 Å². The summed E-state index contributed by atoms with van der Waals surface area (Å²) in [6, 6.07) is 23.4. The summed E-state index contributed by atoms with van der Waals surface area (Å²) in [6.07, 6.45) is 0. The van der Waals surface area contributed by atoms with E-state index in [1.807, 2.05) is 55.5 Å². The van der Waals surface area contributed by atoms with Crippen LogP contribution in [0.2, 0.25) is 0 Å². The van der Waals surface area contributed by atoms with Gasteiger partial charge in [0.2, 0.25) is 0 Å². The maximum Gasteiger partial charge on any atom is 0.289 e. The number of carbonyl (C=O) groups is 1. The van der Waals surface area contributed by atoms with Gasteiger partial charge in [-0.3, -0.25) is 9.89 Å². The molecule has 6 nitrogen and oxygen atoms in total. The summed E-state index contributed by atoms with van der Waals surface area (Å²) in [4.78, 5) is 12.4. The Kier molecular flexibility index (Phi) is 5.07. The largest absolute Gasteiger partial charge is 0.497 e. The van der Waals surface area contributed by atoms with Crippen LogP contribution in [0.4, 0.5) is 0 Å². The lowest BCUT2D eigenvalue weighted by molar-refractivity contribution is 0.0950. The van der Waals surface area contributed by atoms with Crippen molar-refractivity contribution in [1.82, 2.24) is 15.6 Å². The van der Waals surface area contributed by atoms with Gasteiger partial charge in [0.1, 0.15) is 11.4 Å². The first kappa shape index (κ1) is 18.4. The van der Waals surface area contributed by atoms with Gasteiger partial charge in [0.25, 0.3) is 5.91 Å². The Labute approximate surface area is 168 Å². The van der Waals surface area contributed by atoms with Crippen molar-refractivity contribution in [2.24, 2.45) is 5.10 Å². The summed E-state index contributed by atoms with van der Waals surface area (Å²) < 4.78 is 5.16. The average molecular weight is 384 g/mol. The molecule has 0 saturated heterocycles. The van der Waals surface area contributed by atoms with Gasteiger partial charge in [-0.1, -0.05) is 36.4 Å². The van der Waals surface area contributed by atoms with Gasteiger partial charge in [-0.2, -0.15) is 10.2 Å². The summed E-state index contributed by atoms with van der Waals surface area (Å²) in [6.45, 7) is 1.86. The molecule has 3 aromatic carbocycles. The molecule has 1 heterocycles. The number of rotatable bonds is 5. The number of nitrogens with one attached hydrogen (secondary N) is 2. The fraction of sp³-hybridized carbons (Fsp3) is 0.0870. The Bertz CT molecular complexity index is 1190. The zero-order valence-corrected chi connectivity index (χ0v) is 16.1. The number of hydrogen-bond donors (Lipinski definition) is 2. The van der Waals surface area contributed by atoms with Crippen molar-refractivity contribution in [3.05, 3.63) is 84.1 Å². The minimum Gasteiger partial charge on any atom is -0.497 e. The van der Waals surface area contributed by atoms with E-state index in [0.717, 1.165) is 33.4 Å². The molecular weight excluding hydrogens is 364 g/mol. The van der Waals surface area contributed by atoms with Crippen molar-refractivity contribution < 1.29 is 9.53 Å². The zero-order chi connectivity index (χ0) is 20.2. The highest BCUT2D eigenvalue weighted by Crippen LogP contribution is 2.21. The van der Waals surface area contributed by atoms with Gasteiger partial charge in [-0.15, -0.1) is 0 Å². The Morgan fingerprint density at radius 1 is 1.00 bits per heavy atom. The van der Waals surface area contributed by atoms with Gasteiger partial charge in [-0.25, -0.2) is 5.43 Å². The SMILES string of the molecule is COc1ccc(-c2cc(C(=O)N/N=C(/C)c3ccc4ccccc4c3)[nH]n2)cc1. The minimum atomic E-state index is -0.350. The summed E-state index contributed by atoms with van der Waals surface area (Å²) in [7, 11) is 1.62.